The summed E-state index contributed by atoms with van der Waals surface area (Å²) in [5.41, 5.74) is 4.28. The molecule has 132 valence electrons. The van der Waals surface area contributed by atoms with Gasteiger partial charge in [0.1, 0.15) is 5.75 Å². The van der Waals surface area contributed by atoms with Gasteiger partial charge < -0.3 is 10.1 Å². The van der Waals surface area contributed by atoms with E-state index in [1.54, 1.807) is 7.11 Å². The van der Waals surface area contributed by atoms with Crippen LogP contribution in [-0.4, -0.2) is 42.0 Å². The number of piperazine rings is 1. The third-order valence-electron chi connectivity index (χ3n) is 4.66. The molecule has 0 bridgehead atoms. The van der Waals surface area contributed by atoms with E-state index < -0.39 is 0 Å². The summed E-state index contributed by atoms with van der Waals surface area (Å²) in [6, 6.07) is 10.4. The van der Waals surface area contributed by atoms with Crippen molar-refractivity contribution in [3.8, 4) is 5.75 Å². The summed E-state index contributed by atoms with van der Waals surface area (Å²) in [4.78, 5) is 18.9. The largest absolute Gasteiger partial charge is 0.496 e. The summed E-state index contributed by atoms with van der Waals surface area (Å²) < 4.78 is 5.49. The number of hydrogen-bond acceptors (Lipinski definition) is 4. The number of aromatic nitrogens is 1. The second-order valence-electron chi connectivity index (χ2n) is 6.67. The van der Waals surface area contributed by atoms with E-state index in [2.05, 4.69) is 27.3 Å². The Morgan fingerprint density at radius 1 is 1.28 bits per heavy atom. The molecule has 1 atom stereocenters. The molecule has 1 aliphatic rings. The summed E-state index contributed by atoms with van der Waals surface area (Å²) >= 11 is 0. The van der Waals surface area contributed by atoms with Gasteiger partial charge in [-0.15, -0.1) is 0 Å². The van der Waals surface area contributed by atoms with Crippen molar-refractivity contribution in [1.29, 1.82) is 0 Å². The van der Waals surface area contributed by atoms with E-state index in [4.69, 9.17) is 4.74 Å². The Morgan fingerprint density at radius 3 is 2.76 bits per heavy atom. The Balaban J connectivity index is 1.71. The second-order valence-corrected chi connectivity index (χ2v) is 6.67. The lowest BCUT2D eigenvalue weighted by molar-refractivity contribution is -0.125. The van der Waals surface area contributed by atoms with Crippen molar-refractivity contribution in [2.24, 2.45) is 0 Å². The van der Waals surface area contributed by atoms with Crippen LogP contribution in [0.1, 0.15) is 22.4 Å². The number of benzene rings is 1. The lowest BCUT2D eigenvalue weighted by Crippen LogP contribution is -2.54. The maximum atomic E-state index is 12.1. The summed E-state index contributed by atoms with van der Waals surface area (Å²) in [5.74, 6) is 0.955. The lowest BCUT2D eigenvalue weighted by Gasteiger charge is -2.33. The molecule has 0 radical (unpaired) electrons. The van der Waals surface area contributed by atoms with Crippen molar-refractivity contribution >= 4 is 5.91 Å². The molecule has 1 N–H and O–H groups in total. The minimum absolute atomic E-state index is 0.0731. The number of carbonyl (C=O) groups is 1. The molecule has 0 spiro atoms. The predicted molar refractivity (Wildman–Crippen MR) is 97.6 cm³/mol. The molecule has 1 fully saturated rings. The summed E-state index contributed by atoms with van der Waals surface area (Å²) in [7, 11) is 1.68. The molecule has 5 nitrogen and oxygen atoms in total. The van der Waals surface area contributed by atoms with Gasteiger partial charge in [0.15, 0.2) is 0 Å². The first-order valence-electron chi connectivity index (χ1n) is 8.61. The first-order valence-corrected chi connectivity index (χ1v) is 8.61. The van der Waals surface area contributed by atoms with Crippen molar-refractivity contribution in [2.45, 2.75) is 32.9 Å². The predicted octanol–water partition coefficient (Wildman–Crippen LogP) is 2.25. The van der Waals surface area contributed by atoms with Gasteiger partial charge in [-0.1, -0.05) is 30.3 Å². The average molecular weight is 339 g/mol. The van der Waals surface area contributed by atoms with Crippen LogP contribution in [0.4, 0.5) is 0 Å². The number of ether oxygens (including phenoxy) is 1. The van der Waals surface area contributed by atoms with Crippen LogP contribution in [-0.2, 0) is 17.8 Å². The Labute approximate surface area is 149 Å². The molecule has 2 heterocycles. The molecule has 0 aliphatic carbocycles. The van der Waals surface area contributed by atoms with Crippen molar-refractivity contribution in [3.63, 3.8) is 0 Å². The summed E-state index contributed by atoms with van der Waals surface area (Å²) in [6.45, 7) is 5.90. The fraction of sp³-hybridized carbons (Fsp3) is 0.400. The van der Waals surface area contributed by atoms with Crippen molar-refractivity contribution < 1.29 is 9.53 Å². The molecule has 0 unspecified atom stereocenters. The molecule has 1 aromatic heterocycles. The number of pyridine rings is 1. The van der Waals surface area contributed by atoms with Crippen LogP contribution >= 0.6 is 0 Å². The third-order valence-corrected chi connectivity index (χ3v) is 4.66. The van der Waals surface area contributed by atoms with Gasteiger partial charge in [0.2, 0.25) is 5.91 Å². The number of methoxy groups -OCH3 is 1. The number of nitrogens with zero attached hydrogens (tertiary/aromatic N) is 2. The van der Waals surface area contributed by atoms with Crippen LogP contribution in [0.15, 0.2) is 36.5 Å². The molecule has 3 rings (SSSR count). The summed E-state index contributed by atoms with van der Waals surface area (Å²) in [6.07, 6.45) is 2.68. The molecule has 1 amide bonds. The number of rotatable bonds is 5. The lowest BCUT2D eigenvalue weighted by atomic mass is 10.0. The van der Waals surface area contributed by atoms with Crippen LogP contribution in [0.2, 0.25) is 0 Å². The highest BCUT2D eigenvalue weighted by Gasteiger charge is 2.25. The van der Waals surface area contributed by atoms with Gasteiger partial charge >= 0.3 is 0 Å². The molecule has 0 saturated carbocycles. The van der Waals surface area contributed by atoms with Gasteiger partial charge in [-0.3, -0.25) is 14.7 Å². The molecule has 5 heteroatoms. The molecule has 1 aromatic carbocycles. The Morgan fingerprint density at radius 2 is 2.04 bits per heavy atom. The highest BCUT2D eigenvalue weighted by atomic mass is 16.5. The van der Waals surface area contributed by atoms with Gasteiger partial charge in [-0.25, -0.2) is 0 Å². The van der Waals surface area contributed by atoms with Crippen LogP contribution in [0.25, 0.3) is 0 Å². The molecule has 1 saturated heterocycles. The van der Waals surface area contributed by atoms with E-state index in [-0.39, 0.29) is 11.9 Å². The van der Waals surface area contributed by atoms with E-state index in [1.165, 1.54) is 5.56 Å². The van der Waals surface area contributed by atoms with E-state index in [0.717, 1.165) is 35.5 Å². The number of amides is 1. The van der Waals surface area contributed by atoms with Crippen LogP contribution in [0.3, 0.4) is 0 Å². The Kier molecular flexibility index (Phi) is 5.34. The number of carbonyl (C=O) groups excluding carboxylic acids is 1. The molecular weight excluding hydrogens is 314 g/mol. The van der Waals surface area contributed by atoms with Crippen LogP contribution in [0.5, 0.6) is 5.75 Å². The summed E-state index contributed by atoms with van der Waals surface area (Å²) in [5, 5.41) is 3.10. The van der Waals surface area contributed by atoms with E-state index in [1.807, 2.05) is 38.2 Å². The van der Waals surface area contributed by atoms with Gasteiger partial charge in [0.25, 0.3) is 0 Å². The number of aryl methyl sites for hydroxylation is 1. The highest BCUT2D eigenvalue weighted by molar-refractivity contribution is 5.79. The zero-order valence-electron chi connectivity index (χ0n) is 15.1. The molecule has 1 aliphatic heterocycles. The van der Waals surface area contributed by atoms with Crippen molar-refractivity contribution in [1.82, 2.24) is 15.2 Å². The zero-order valence-corrected chi connectivity index (χ0v) is 15.1. The first kappa shape index (κ1) is 17.4. The van der Waals surface area contributed by atoms with Gasteiger partial charge in [-0.05, 0) is 25.8 Å². The van der Waals surface area contributed by atoms with Crippen molar-refractivity contribution in [3.05, 3.63) is 58.9 Å². The standard InChI is InChI=1S/C20H25N3O2/c1-14-10-21-18(15(2)20(14)25-3)12-23-11-17(22-19(24)13-23)9-16-7-5-4-6-8-16/h4-8,10,17H,9,11-13H2,1-3H3,(H,22,24)/t17-/m0/s1. The maximum absolute atomic E-state index is 12.1. The van der Waals surface area contributed by atoms with Gasteiger partial charge in [-0.2, -0.15) is 0 Å². The normalized spacial score (nSPS) is 18.0. The van der Waals surface area contributed by atoms with Crippen LogP contribution < -0.4 is 10.1 Å². The second kappa shape index (κ2) is 7.66. The minimum Gasteiger partial charge on any atom is -0.496 e. The first-order chi connectivity index (χ1) is 12.1. The monoisotopic (exact) mass is 339 g/mol. The van der Waals surface area contributed by atoms with Crippen molar-refractivity contribution in [2.75, 3.05) is 20.2 Å². The van der Waals surface area contributed by atoms with Gasteiger partial charge in [0, 0.05) is 36.5 Å². The third kappa shape index (κ3) is 4.17. The maximum Gasteiger partial charge on any atom is 0.234 e. The topological polar surface area (TPSA) is 54.5 Å². The SMILES string of the molecule is COc1c(C)cnc(CN2CC(=O)N[C@@H](Cc3ccccc3)C2)c1C. The average Bonchev–Trinajstić information content (AvgIpc) is 2.58. The molecular formula is C20H25N3O2. The Hall–Kier alpha value is -2.40. The number of hydrogen-bond donors (Lipinski definition) is 1. The highest BCUT2D eigenvalue weighted by Crippen LogP contribution is 2.25. The van der Waals surface area contributed by atoms with E-state index in [0.29, 0.717) is 13.1 Å². The zero-order chi connectivity index (χ0) is 17.8. The quantitative estimate of drug-likeness (QED) is 0.908. The fourth-order valence-electron chi connectivity index (χ4n) is 3.48. The number of nitrogens with one attached hydrogen (secondary N) is 1. The smallest absolute Gasteiger partial charge is 0.234 e. The Bertz CT molecular complexity index is 746. The van der Waals surface area contributed by atoms with E-state index in [9.17, 15) is 4.79 Å². The van der Waals surface area contributed by atoms with E-state index >= 15 is 0 Å². The molecule has 25 heavy (non-hydrogen) atoms. The minimum atomic E-state index is 0.0731. The van der Waals surface area contributed by atoms with Crippen LogP contribution in [0, 0.1) is 13.8 Å². The molecule has 2 aromatic rings. The fourth-order valence-corrected chi connectivity index (χ4v) is 3.48. The van der Waals surface area contributed by atoms with Gasteiger partial charge in [0.05, 0.1) is 19.3 Å².